The normalized spacial score (nSPS) is 10.9. The highest BCUT2D eigenvalue weighted by Gasteiger charge is 2.07. The predicted octanol–water partition coefficient (Wildman–Crippen LogP) is 4.49. The van der Waals surface area contributed by atoms with Crippen molar-refractivity contribution in [2.75, 3.05) is 23.8 Å². The molecule has 0 bridgehead atoms. The van der Waals surface area contributed by atoms with E-state index in [4.69, 9.17) is 0 Å². The van der Waals surface area contributed by atoms with Crippen LogP contribution in [0.25, 0.3) is 5.69 Å². The summed E-state index contributed by atoms with van der Waals surface area (Å²) in [6.07, 6.45) is 2.91. The van der Waals surface area contributed by atoms with E-state index in [1.165, 1.54) is 12.1 Å². The van der Waals surface area contributed by atoms with Gasteiger partial charge in [0.05, 0.1) is 5.69 Å². The van der Waals surface area contributed by atoms with Gasteiger partial charge in [-0.25, -0.2) is 4.68 Å². The second-order valence-electron chi connectivity index (χ2n) is 6.63. The number of anilines is 3. The molecule has 0 unspecified atom stereocenters. The third-order valence-electron chi connectivity index (χ3n) is 4.10. The zero-order valence-electron chi connectivity index (χ0n) is 15.1. The maximum absolute atomic E-state index is 4.53. The van der Waals surface area contributed by atoms with E-state index in [0.29, 0.717) is 11.9 Å². The third kappa shape index (κ3) is 4.59. The van der Waals surface area contributed by atoms with Gasteiger partial charge in [-0.2, -0.15) is 4.98 Å². The van der Waals surface area contributed by atoms with Crippen LogP contribution in [0.5, 0.6) is 0 Å². The first-order valence-electron chi connectivity index (χ1n) is 8.67. The summed E-state index contributed by atoms with van der Waals surface area (Å²) in [5.74, 6) is 1.29. The van der Waals surface area contributed by atoms with Crippen LogP contribution in [0.15, 0.2) is 60.9 Å². The van der Waals surface area contributed by atoms with Crippen molar-refractivity contribution in [1.29, 1.82) is 0 Å². The fraction of sp³-hybridized carbons (Fsp3) is 0.300. The number of hydrogen-bond acceptors (Lipinski definition) is 4. The average Bonchev–Trinajstić information content (AvgIpc) is 3.09. The summed E-state index contributed by atoms with van der Waals surface area (Å²) in [5, 5.41) is 7.74. The predicted molar refractivity (Wildman–Crippen MR) is 104 cm³/mol. The summed E-state index contributed by atoms with van der Waals surface area (Å²) in [5.41, 5.74) is 3.16. The molecule has 0 aliphatic carbocycles. The Morgan fingerprint density at radius 1 is 1.08 bits per heavy atom. The second kappa shape index (κ2) is 7.83. The number of aromatic nitrogens is 3. The summed E-state index contributed by atoms with van der Waals surface area (Å²) >= 11 is 0. The number of benzene rings is 2. The molecule has 0 radical (unpaired) electrons. The quantitative estimate of drug-likeness (QED) is 0.691. The average molecular weight is 335 g/mol. The molecular formula is C20H25N5. The molecule has 0 spiro atoms. The lowest BCUT2D eigenvalue weighted by atomic mass is 10.1. The van der Waals surface area contributed by atoms with Crippen LogP contribution < -0.4 is 10.2 Å². The first-order valence-corrected chi connectivity index (χ1v) is 8.67. The molecule has 0 saturated heterocycles. The minimum Gasteiger partial charge on any atom is -0.375 e. The molecule has 5 nitrogen and oxygen atoms in total. The molecule has 3 rings (SSSR count). The van der Waals surface area contributed by atoms with E-state index in [0.717, 1.165) is 17.9 Å². The Morgan fingerprint density at radius 2 is 1.88 bits per heavy atom. The molecule has 0 atom stereocenters. The summed E-state index contributed by atoms with van der Waals surface area (Å²) in [6, 6.07) is 18.3. The molecule has 0 saturated carbocycles. The van der Waals surface area contributed by atoms with E-state index in [-0.39, 0.29) is 0 Å². The minimum atomic E-state index is 0.588. The molecule has 1 N–H and O–H groups in total. The summed E-state index contributed by atoms with van der Waals surface area (Å²) in [7, 11) is 2.13. The van der Waals surface area contributed by atoms with E-state index in [1.54, 1.807) is 11.0 Å². The lowest BCUT2D eigenvalue weighted by Crippen LogP contribution is -2.20. The van der Waals surface area contributed by atoms with Gasteiger partial charge in [0.2, 0.25) is 5.95 Å². The van der Waals surface area contributed by atoms with Gasteiger partial charge in [0.1, 0.15) is 6.33 Å². The van der Waals surface area contributed by atoms with Crippen molar-refractivity contribution in [3.05, 3.63) is 60.9 Å². The number of hydrogen-bond donors (Lipinski definition) is 1. The molecule has 130 valence electrons. The topological polar surface area (TPSA) is 46.0 Å². The SMILES string of the molecule is CC(C)CCN(C)c1cccc(-n2cnc(Nc3ccccc3)n2)c1. The highest BCUT2D eigenvalue weighted by Crippen LogP contribution is 2.19. The molecule has 25 heavy (non-hydrogen) atoms. The van der Waals surface area contributed by atoms with Gasteiger partial charge in [-0.05, 0) is 42.7 Å². The van der Waals surface area contributed by atoms with Crippen LogP contribution in [0.1, 0.15) is 20.3 Å². The molecule has 0 fully saturated rings. The van der Waals surface area contributed by atoms with Crippen molar-refractivity contribution < 1.29 is 0 Å². The van der Waals surface area contributed by atoms with E-state index >= 15 is 0 Å². The zero-order valence-corrected chi connectivity index (χ0v) is 15.1. The van der Waals surface area contributed by atoms with Crippen molar-refractivity contribution in [2.24, 2.45) is 5.92 Å². The van der Waals surface area contributed by atoms with Gasteiger partial charge in [-0.15, -0.1) is 5.10 Å². The fourth-order valence-corrected chi connectivity index (χ4v) is 2.55. The van der Waals surface area contributed by atoms with Crippen LogP contribution in [0, 0.1) is 5.92 Å². The first-order chi connectivity index (χ1) is 12.1. The van der Waals surface area contributed by atoms with Crippen molar-refractivity contribution in [2.45, 2.75) is 20.3 Å². The first kappa shape index (κ1) is 17.0. The number of rotatable bonds is 7. The second-order valence-corrected chi connectivity index (χ2v) is 6.63. The Kier molecular flexibility index (Phi) is 5.33. The standard InChI is InChI=1S/C20H25N5/c1-16(2)12-13-24(3)18-10-7-11-19(14-18)25-15-21-20(23-25)22-17-8-5-4-6-9-17/h4-11,14-16H,12-13H2,1-3H3,(H,22,23). The minimum absolute atomic E-state index is 0.588. The molecule has 0 aliphatic heterocycles. The maximum Gasteiger partial charge on any atom is 0.246 e. The van der Waals surface area contributed by atoms with E-state index in [9.17, 15) is 0 Å². The lowest BCUT2D eigenvalue weighted by molar-refractivity contribution is 0.585. The van der Waals surface area contributed by atoms with E-state index in [2.05, 4.69) is 59.4 Å². The molecule has 3 aromatic rings. The van der Waals surface area contributed by atoms with Gasteiger partial charge in [0.15, 0.2) is 0 Å². The third-order valence-corrected chi connectivity index (χ3v) is 4.10. The maximum atomic E-state index is 4.53. The summed E-state index contributed by atoms with van der Waals surface area (Å²) in [6.45, 7) is 5.54. The highest BCUT2D eigenvalue weighted by molar-refractivity contribution is 5.54. The number of para-hydroxylation sites is 1. The van der Waals surface area contributed by atoms with Gasteiger partial charge in [-0.3, -0.25) is 0 Å². The van der Waals surface area contributed by atoms with Gasteiger partial charge in [0.25, 0.3) is 0 Å². The van der Waals surface area contributed by atoms with Crippen molar-refractivity contribution in [3.8, 4) is 5.69 Å². The van der Waals surface area contributed by atoms with Crippen molar-refractivity contribution in [1.82, 2.24) is 14.8 Å². The van der Waals surface area contributed by atoms with Crippen LogP contribution in [-0.2, 0) is 0 Å². The van der Waals surface area contributed by atoms with Crippen molar-refractivity contribution >= 4 is 17.3 Å². The Hall–Kier alpha value is -2.82. The Balaban J connectivity index is 1.73. The summed E-state index contributed by atoms with van der Waals surface area (Å²) in [4.78, 5) is 6.63. The van der Waals surface area contributed by atoms with Gasteiger partial charge in [0, 0.05) is 25.0 Å². The Morgan fingerprint density at radius 3 is 2.64 bits per heavy atom. The molecule has 5 heteroatoms. The number of nitrogens with one attached hydrogen (secondary N) is 1. The fourth-order valence-electron chi connectivity index (χ4n) is 2.55. The molecular weight excluding hydrogens is 310 g/mol. The van der Waals surface area contributed by atoms with E-state index < -0.39 is 0 Å². The van der Waals surface area contributed by atoms with Crippen LogP contribution in [0.2, 0.25) is 0 Å². The molecule has 2 aromatic carbocycles. The van der Waals surface area contributed by atoms with E-state index in [1.807, 2.05) is 36.4 Å². The van der Waals surface area contributed by atoms with Crippen LogP contribution >= 0.6 is 0 Å². The van der Waals surface area contributed by atoms with Crippen LogP contribution in [0.4, 0.5) is 17.3 Å². The highest BCUT2D eigenvalue weighted by atomic mass is 15.4. The molecule has 0 amide bonds. The Labute approximate surface area is 149 Å². The number of nitrogens with zero attached hydrogens (tertiary/aromatic N) is 4. The monoisotopic (exact) mass is 335 g/mol. The molecule has 1 aromatic heterocycles. The largest absolute Gasteiger partial charge is 0.375 e. The van der Waals surface area contributed by atoms with Gasteiger partial charge in [-0.1, -0.05) is 38.1 Å². The van der Waals surface area contributed by atoms with Crippen LogP contribution in [-0.4, -0.2) is 28.4 Å². The van der Waals surface area contributed by atoms with Gasteiger partial charge >= 0.3 is 0 Å². The van der Waals surface area contributed by atoms with Gasteiger partial charge < -0.3 is 10.2 Å². The molecule has 1 heterocycles. The van der Waals surface area contributed by atoms with Crippen LogP contribution in [0.3, 0.4) is 0 Å². The summed E-state index contributed by atoms with van der Waals surface area (Å²) < 4.78 is 1.80. The van der Waals surface area contributed by atoms with Crippen molar-refractivity contribution in [3.63, 3.8) is 0 Å². The molecule has 0 aliphatic rings. The smallest absolute Gasteiger partial charge is 0.246 e. The zero-order chi connectivity index (χ0) is 17.6. The Bertz CT molecular complexity index is 795. The lowest BCUT2D eigenvalue weighted by Gasteiger charge is -2.21.